The summed E-state index contributed by atoms with van der Waals surface area (Å²) in [5, 5.41) is 3.35. The summed E-state index contributed by atoms with van der Waals surface area (Å²) < 4.78 is 0. The van der Waals surface area contributed by atoms with Gasteiger partial charge in [0.25, 0.3) is 0 Å². The van der Waals surface area contributed by atoms with E-state index in [-0.39, 0.29) is 11.2 Å². The predicted molar refractivity (Wildman–Crippen MR) is 84.2 cm³/mol. The van der Waals surface area contributed by atoms with Gasteiger partial charge >= 0.3 is 0 Å². The second-order valence-electron chi connectivity index (χ2n) is 7.23. The minimum absolute atomic E-state index is 0.125. The monoisotopic (exact) mass is 273 g/mol. The number of hydrogen-bond acceptors (Lipinski definition) is 2. The van der Waals surface area contributed by atoms with Gasteiger partial charge in [0, 0.05) is 5.56 Å². The Bertz CT molecular complexity index is 459. The lowest BCUT2D eigenvalue weighted by atomic mass is 9.86. The minimum atomic E-state index is 0.125. The molecule has 110 valence electrons. The van der Waals surface area contributed by atoms with Crippen molar-refractivity contribution in [3.8, 4) is 0 Å². The molecule has 0 radical (unpaired) electrons. The zero-order valence-electron chi connectivity index (χ0n) is 13.4. The number of Topliss-reactive ketones (excluding diaryl/α,β-unsaturated/α-hetero) is 1. The van der Waals surface area contributed by atoms with Crippen LogP contribution >= 0.6 is 0 Å². The van der Waals surface area contributed by atoms with Crippen LogP contribution in [0.5, 0.6) is 0 Å². The van der Waals surface area contributed by atoms with Crippen molar-refractivity contribution in [1.82, 2.24) is 5.32 Å². The fourth-order valence-electron chi connectivity index (χ4n) is 2.93. The largest absolute Gasteiger partial charge is 0.316 e. The SMILES string of the molecule is CC(=O)c1ccc(C(C)(C)C)cc1.CC1[C@H]2CNC[C@@H]12. The van der Waals surface area contributed by atoms with Gasteiger partial charge in [-0.3, -0.25) is 4.79 Å². The van der Waals surface area contributed by atoms with Crippen LogP contribution in [-0.2, 0) is 5.41 Å². The first-order valence-electron chi connectivity index (χ1n) is 7.63. The van der Waals surface area contributed by atoms with E-state index >= 15 is 0 Å². The molecular formula is C18H27NO. The van der Waals surface area contributed by atoms with Gasteiger partial charge in [0.05, 0.1) is 0 Å². The number of fused-ring (bicyclic) bond motifs is 1. The molecule has 1 heterocycles. The lowest BCUT2D eigenvalue weighted by Crippen LogP contribution is -2.13. The first-order chi connectivity index (χ1) is 9.30. The quantitative estimate of drug-likeness (QED) is 0.791. The van der Waals surface area contributed by atoms with E-state index in [0.717, 1.165) is 23.3 Å². The average molecular weight is 273 g/mol. The van der Waals surface area contributed by atoms with Crippen molar-refractivity contribution >= 4 is 5.78 Å². The molecule has 2 aliphatic rings. The van der Waals surface area contributed by atoms with Crippen molar-refractivity contribution in [2.24, 2.45) is 17.8 Å². The average Bonchev–Trinajstić information content (AvgIpc) is 2.79. The number of ketones is 1. The highest BCUT2D eigenvalue weighted by molar-refractivity contribution is 5.94. The standard InChI is InChI=1S/C12H16O.C6H11N/c1-9(13)10-5-7-11(8-6-10)12(2,3)4;1-4-5-2-7-3-6(4)5/h5-8H,1-4H3;4-7H,2-3H2,1H3/t;4?,5-,6+. The zero-order chi connectivity index (χ0) is 14.9. The highest BCUT2D eigenvalue weighted by atomic mass is 16.1. The van der Waals surface area contributed by atoms with Crippen LogP contribution in [0.4, 0.5) is 0 Å². The van der Waals surface area contributed by atoms with Crippen LogP contribution in [0.1, 0.15) is 50.5 Å². The zero-order valence-corrected chi connectivity index (χ0v) is 13.4. The lowest BCUT2D eigenvalue weighted by molar-refractivity contribution is 0.101. The maximum Gasteiger partial charge on any atom is 0.159 e. The summed E-state index contributed by atoms with van der Waals surface area (Å²) in [6, 6.07) is 7.83. The predicted octanol–water partition coefficient (Wildman–Crippen LogP) is 3.66. The molecule has 2 heteroatoms. The molecule has 20 heavy (non-hydrogen) atoms. The summed E-state index contributed by atoms with van der Waals surface area (Å²) in [4.78, 5) is 11.0. The van der Waals surface area contributed by atoms with Crippen molar-refractivity contribution < 1.29 is 4.79 Å². The van der Waals surface area contributed by atoms with E-state index in [1.54, 1.807) is 6.92 Å². The molecule has 1 saturated carbocycles. The molecule has 0 amide bonds. The minimum Gasteiger partial charge on any atom is -0.316 e. The molecule has 1 aromatic carbocycles. The van der Waals surface area contributed by atoms with E-state index in [4.69, 9.17) is 0 Å². The molecule has 1 saturated heterocycles. The van der Waals surface area contributed by atoms with Gasteiger partial charge in [0.15, 0.2) is 5.78 Å². The van der Waals surface area contributed by atoms with Crippen LogP contribution in [0.25, 0.3) is 0 Å². The molecule has 2 nitrogen and oxygen atoms in total. The molecule has 1 aliphatic heterocycles. The highest BCUT2D eigenvalue weighted by Crippen LogP contribution is 2.47. The lowest BCUT2D eigenvalue weighted by Gasteiger charge is -2.18. The van der Waals surface area contributed by atoms with Gasteiger partial charge in [-0.15, -0.1) is 0 Å². The van der Waals surface area contributed by atoms with E-state index in [0.29, 0.717) is 0 Å². The molecule has 0 spiro atoms. The Hall–Kier alpha value is -1.15. The van der Waals surface area contributed by atoms with Crippen molar-refractivity contribution in [3.05, 3.63) is 35.4 Å². The summed E-state index contributed by atoms with van der Waals surface area (Å²) in [6.45, 7) is 13.0. The number of hydrogen-bond donors (Lipinski definition) is 1. The third-order valence-corrected chi connectivity index (χ3v) is 4.68. The second-order valence-corrected chi connectivity index (χ2v) is 7.23. The second kappa shape index (κ2) is 5.69. The van der Waals surface area contributed by atoms with Crippen molar-refractivity contribution in [3.63, 3.8) is 0 Å². The smallest absolute Gasteiger partial charge is 0.159 e. The van der Waals surface area contributed by atoms with Gasteiger partial charge < -0.3 is 5.32 Å². The van der Waals surface area contributed by atoms with Gasteiger partial charge in [-0.2, -0.15) is 0 Å². The van der Waals surface area contributed by atoms with Crippen LogP contribution in [0.15, 0.2) is 24.3 Å². The van der Waals surface area contributed by atoms with E-state index in [2.05, 4.69) is 33.0 Å². The Balaban J connectivity index is 0.000000173. The topological polar surface area (TPSA) is 29.1 Å². The fourth-order valence-corrected chi connectivity index (χ4v) is 2.93. The maximum atomic E-state index is 11.0. The van der Waals surface area contributed by atoms with Crippen LogP contribution < -0.4 is 5.32 Å². The number of piperidine rings is 1. The number of nitrogens with one attached hydrogen (secondary N) is 1. The van der Waals surface area contributed by atoms with E-state index in [9.17, 15) is 4.79 Å². The van der Waals surface area contributed by atoms with Gasteiger partial charge in [-0.1, -0.05) is 52.0 Å². The first kappa shape index (κ1) is 15.2. The Labute approximate surface area is 123 Å². The van der Waals surface area contributed by atoms with Crippen molar-refractivity contribution in [2.75, 3.05) is 13.1 Å². The summed E-state index contributed by atoms with van der Waals surface area (Å²) >= 11 is 0. The molecule has 1 aliphatic carbocycles. The van der Waals surface area contributed by atoms with Gasteiger partial charge in [-0.05, 0) is 48.7 Å². The number of benzene rings is 1. The van der Waals surface area contributed by atoms with E-state index < -0.39 is 0 Å². The van der Waals surface area contributed by atoms with Crippen LogP contribution in [0.2, 0.25) is 0 Å². The molecule has 0 aromatic heterocycles. The molecule has 1 aromatic rings. The van der Waals surface area contributed by atoms with Crippen molar-refractivity contribution in [1.29, 1.82) is 0 Å². The van der Waals surface area contributed by atoms with Gasteiger partial charge in [0.1, 0.15) is 0 Å². The summed E-state index contributed by atoms with van der Waals surface area (Å²) in [5.41, 5.74) is 2.21. The first-order valence-corrected chi connectivity index (χ1v) is 7.63. The molecular weight excluding hydrogens is 246 g/mol. The summed E-state index contributed by atoms with van der Waals surface area (Å²) in [6.07, 6.45) is 0. The van der Waals surface area contributed by atoms with Gasteiger partial charge in [-0.25, -0.2) is 0 Å². The Morgan fingerprint density at radius 3 is 1.90 bits per heavy atom. The third kappa shape index (κ3) is 3.49. The van der Waals surface area contributed by atoms with Crippen molar-refractivity contribution in [2.45, 2.75) is 40.0 Å². The van der Waals surface area contributed by atoms with Crippen LogP contribution in [-0.4, -0.2) is 18.9 Å². The highest BCUT2D eigenvalue weighted by Gasteiger charge is 2.49. The van der Waals surface area contributed by atoms with Crippen LogP contribution in [0, 0.1) is 17.8 Å². The third-order valence-electron chi connectivity index (χ3n) is 4.68. The maximum absolute atomic E-state index is 11.0. The van der Waals surface area contributed by atoms with Gasteiger partial charge in [0.2, 0.25) is 0 Å². The summed E-state index contributed by atoms with van der Waals surface area (Å²) in [5.74, 6) is 3.32. The molecule has 0 bridgehead atoms. The summed E-state index contributed by atoms with van der Waals surface area (Å²) in [7, 11) is 0. The Morgan fingerprint density at radius 2 is 1.60 bits per heavy atom. The molecule has 1 N–H and O–H groups in total. The normalized spacial score (nSPS) is 27.4. The fraction of sp³-hybridized carbons (Fsp3) is 0.611. The Kier molecular flexibility index (Phi) is 4.33. The molecule has 3 rings (SSSR count). The number of carbonyl (C=O) groups excluding carboxylic acids is 1. The molecule has 1 unspecified atom stereocenters. The number of rotatable bonds is 1. The number of carbonyl (C=O) groups is 1. The molecule has 2 fully saturated rings. The Morgan fingerprint density at radius 1 is 1.10 bits per heavy atom. The van der Waals surface area contributed by atoms with Crippen LogP contribution in [0.3, 0.4) is 0 Å². The molecule has 3 atom stereocenters. The van der Waals surface area contributed by atoms with E-state index in [1.165, 1.54) is 18.7 Å². The van der Waals surface area contributed by atoms with E-state index in [1.807, 2.05) is 24.3 Å².